The van der Waals surface area contributed by atoms with Crippen molar-refractivity contribution >= 4 is 48.1 Å². The van der Waals surface area contributed by atoms with Crippen molar-refractivity contribution in [1.82, 2.24) is 0 Å². The van der Waals surface area contributed by atoms with Gasteiger partial charge in [-0.3, -0.25) is 4.79 Å². The number of hydrogen-bond acceptors (Lipinski definition) is 3. The second-order valence-electron chi connectivity index (χ2n) is 12.4. The molecule has 241 valence electrons. The van der Waals surface area contributed by atoms with Gasteiger partial charge in [0.1, 0.15) is 0 Å². The van der Waals surface area contributed by atoms with Gasteiger partial charge in [-0.15, -0.1) is 34.4 Å². The first kappa shape index (κ1) is 36.2. The molecule has 0 spiro atoms. The van der Waals surface area contributed by atoms with E-state index in [1.807, 2.05) is 15.9 Å². The first-order chi connectivity index (χ1) is 20.5. The van der Waals surface area contributed by atoms with Gasteiger partial charge in [-0.1, -0.05) is 82.8 Å². The number of hydrogen-bond donors (Lipinski definition) is 1. The number of aromatic nitrogens is 1. The summed E-state index contributed by atoms with van der Waals surface area (Å²) in [5.41, 5.74) is 7.59. The maximum absolute atomic E-state index is 11.6. The second-order valence-corrected chi connectivity index (χ2v) is 13.4. The van der Waals surface area contributed by atoms with Gasteiger partial charge in [-0.2, -0.15) is 25.7 Å². The van der Waals surface area contributed by atoms with Crippen LogP contribution in [0.4, 0.5) is 13.2 Å². The Morgan fingerprint density at radius 2 is 1.60 bits per heavy atom. The fourth-order valence-corrected chi connectivity index (χ4v) is 6.76. The summed E-state index contributed by atoms with van der Waals surface area (Å²) in [5, 5.41) is 13.9. The van der Waals surface area contributed by atoms with Crippen LogP contribution in [0, 0.1) is 26.8 Å². The summed E-state index contributed by atoms with van der Waals surface area (Å²) in [6, 6.07) is 17.8. The quantitative estimate of drug-likeness (QED) is 0.0850. The fourth-order valence-electron chi connectivity index (χ4n) is 5.38. The molecular weight excluding hydrogens is 772 g/mol. The summed E-state index contributed by atoms with van der Waals surface area (Å²) in [6.45, 7) is 18.9. The molecular formula is C37H39F3IrNO2S-. The fraction of sp³-hybridized carbons (Fsp3) is 0.297. The molecule has 0 aliphatic heterocycles. The van der Waals surface area contributed by atoms with Gasteiger partial charge in [-0.05, 0) is 46.7 Å². The molecule has 0 aliphatic rings. The first-order valence-corrected chi connectivity index (χ1v) is 15.4. The zero-order valence-corrected chi connectivity index (χ0v) is 29.9. The average Bonchev–Trinajstić information content (AvgIpc) is 3.32. The molecule has 8 heteroatoms. The largest absolute Gasteiger partial charge is 0.512 e. The number of halogens is 3. The number of benzene rings is 3. The molecule has 1 N–H and O–H groups in total. The smallest absolute Gasteiger partial charge is 0.454 e. The van der Waals surface area contributed by atoms with E-state index in [0.29, 0.717) is 0 Å². The SMILES string of the molecule is CC(C)/C(O)=C/C(=O)C(F)(F)F.[CH2-]c1c(-c2c3sc4c(C)c(CC)ccc4c3cc[n+]2[CH2-])cc(C(C)(C)C)c2ccccc12.[Ir]. The molecule has 1 radical (unpaired) electrons. The average molecular weight is 811 g/mol. The maximum Gasteiger partial charge on any atom is 0.454 e. The first-order valence-electron chi connectivity index (χ1n) is 14.6. The van der Waals surface area contributed by atoms with Crippen LogP contribution in [0.15, 0.2) is 66.6 Å². The van der Waals surface area contributed by atoms with Gasteiger partial charge in [0, 0.05) is 48.5 Å². The molecule has 0 unspecified atom stereocenters. The standard InChI is InChI=1S/C30H30NS.C7H9F3O2.Ir/c1-8-20-13-14-23-24-15-16-31(7)27(29(24)32-28(23)18(20)2)25-17-26(30(4,5)6)22-12-10-9-11-21(22)19(25)3;1-4(2)5(11)3-6(12)7(8,9)10;/h9-17H,3,7-8H2,1-2,4-6H3;3-4,11H,1-2H3;/q-1;;/b;5-3-;. The molecule has 5 rings (SSSR count). The van der Waals surface area contributed by atoms with Crippen molar-refractivity contribution in [2.24, 2.45) is 5.92 Å². The Labute approximate surface area is 281 Å². The zero-order valence-electron chi connectivity index (χ0n) is 26.7. The van der Waals surface area contributed by atoms with Crippen LogP contribution in [0.3, 0.4) is 0 Å². The molecule has 0 amide bonds. The van der Waals surface area contributed by atoms with Crippen molar-refractivity contribution in [1.29, 1.82) is 0 Å². The molecule has 0 saturated carbocycles. The number of fused-ring (bicyclic) bond motifs is 4. The minimum atomic E-state index is -4.90. The number of pyridine rings is 1. The minimum absolute atomic E-state index is 0. The van der Waals surface area contributed by atoms with Crippen molar-refractivity contribution < 1.29 is 47.7 Å². The van der Waals surface area contributed by atoms with Crippen LogP contribution >= 0.6 is 11.3 Å². The van der Waals surface area contributed by atoms with E-state index in [2.05, 4.69) is 103 Å². The summed E-state index contributed by atoms with van der Waals surface area (Å²) in [5.74, 6) is -3.07. The summed E-state index contributed by atoms with van der Waals surface area (Å²) in [6.07, 6.45) is -1.55. The summed E-state index contributed by atoms with van der Waals surface area (Å²) in [7, 11) is 4.38. The van der Waals surface area contributed by atoms with Gasteiger partial charge in [0.25, 0.3) is 5.78 Å². The van der Waals surface area contributed by atoms with Crippen LogP contribution in [0.5, 0.6) is 0 Å². The summed E-state index contributed by atoms with van der Waals surface area (Å²) >= 11 is 1.89. The van der Waals surface area contributed by atoms with E-state index in [1.165, 1.54) is 67.0 Å². The van der Waals surface area contributed by atoms with Gasteiger partial charge in [0.15, 0.2) is 0 Å². The number of rotatable bonds is 4. The number of aliphatic hydroxyl groups excluding tert-OH is 1. The number of aryl methyl sites for hydroxylation is 2. The molecule has 0 fully saturated rings. The third kappa shape index (κ3) is 7.24. The molecule has 0 atom stereocenters. The van der Waals surface area contributed by atoms with Gasteiger partial charge in [0.2, 0.25) is 0 Å². The number of nitrogens with zero attached hydrogens (tertiary/aromatic N) is 1. The van der Waals surface area contributed by atoms with Crippen molar-refractivity contribution in [2.75, 3.05) is 0 Å². The predicted molar refractivity (Wildman–Crippen MR) is 177 cm³/mol. The maximum atomic E-state index is 11.6. The number of ketones is 1. The molecule has 5 aromatic rings. The number of carbonyl (C=O) groups is 1. The van der Waals surface area contributed by atoms with E-state index in [-0.39, 0.29) is 31.6 Å². The summed E-state index contributed by atoms with van der Waals surface area (Å²) in [4.78, 5) is 10.2. The van der Waals surface area contributed by atoms with Gasteiger partial charge >= 0.3 is 6.18 Å². The normalized spacial score (nSPS) is 12.4. The number of alkyl halides is 3. The van der Waals surface area contributed by atoms with E-state index in [1.54, 1.807) is 0 Å². The van der Waals surface area contributed by atoms with Gasteiger partial charge < -0.3 is 9.67 Å². The number of thiophene rings is 1. The van der Waals surface area contributed by atoms with Crippen LogP contribution in [-0.4, -0.2) is 17.1 Å². The molecule has 2 aromatic heterocycles. The van der Waals surface area contributed by atoms with Crippen LogP contribution in [0.1, 0.15) is 63.8 Å². The molecule has 45 heavy (non-hydrogen) atoms. The topological polar surface area (TPSA) is 41.2 Å². The molecule has 0 bridgehead atoms. The van der Waals surface area contributed by atoms with Crippen molar-refractivity contribution in [3.8, 4) is 11.3 Å². The predicted octanol–water partition coefficient (Wildman–Crippen LogP) is 10.4. The molecule has 2 heterocycles. The van der Waals surface area contributed by atoms with E-state index >= 15 is 0 Å². The van der Waals surface area contributed by atoms with Gasteiger partial charge in [0.05, 0.1) is 17.6 Å². The Balaban J connectivity index is 0.000000365. The molecule has 3 aromatic carbocycles. The van der Waals surface area contributed by atoms with Gasteiger partial charge in [-0.25, -0.2) is 0 Å². The minimum Gasteiger partial charge on any atom is -0.512 e. The molecule has 3 nitrogen and oxygen atoms in total. The van der Waals surface area contributed by atoms with Crippen LogP contribution < -0.4 is 4.57 Å². The molecule has 0 saturated heterocycles. The van der Waals surface area contributed by atoms with Crippen molar-refractivity contribution in [3.05, 3.63) is 103 Å². The number of allylic oxidation sites excluding steroid dienone is 2. The molecule has 0 aliphatic carbocycles. The summed E-state index contributed by atoms with van der Waals surface area (Å²) < 4.78 is 39.4. The zero-order chi connectivity index (χ0) is 32.7. The third-order valence-electron chi connectivity index (χ3n) is 7.93. The van der Waals surface area contributed by atoms with Crippen LogP contribution in [0.2, 0.25) is 0 Å². The van der Waals surface area contributed by atoms with Crippen molar-refractivity contribution in [2.45, 2.75) is 66.5 Å². The third-order valence-corrected chi connectivity index (χ3v) is 9.28. The number of carbonyl (C=O) groups excluding carboxylic acids is 1. The van der Waals surface area contributed by atoms with E-state index in [4.69, 9.17) is 5.11 Å². The van der Waals surface area contributed by atoms with E-state index < -0.39 is 23.6 Å². The second kappa shape index (κ2) is 13.6. The number of aliphatic hydroxyl groups is 1. The van der Waals surface area contributed by atoms with E-state index in [9.17, 15) is 18.0 Å². The van der Waals surface area contributed by atoms with E-state index in [0.717, 1.165) is 17.7 Å². The Kier molecular flexibility index (Phi) is 10.9. The Bertz CT molecular complexity index is 1910. The monoisotopic (exact) mass is 811 g/mol. The van der Waals surface area contributed by atoms with Crippen LogP contribution in [0.25, 0.3) is 42.2 Å². The Morgan fingerprint density at radius 3 is 2.16 bits per heavy atom. The Morgan fingerprint density at radius 1 is 1.00 bits per heavy atom. The van der Waals surface area contributed by atoms with Crippen molar-refractivity contribution in [3.63, 3.8) is 0 Å². The Hall–Kier alpha value is -3.32. The van der Waals surface area contributed by atoms with Crippen LogP contribution in [-0.2, 0) is 36.7 Å².